The van der Waals surface area contributed by atoms with Crippen LogP contribution in [0.25, 0.3) is 21.9 Å². The fourth-order valence-electron chi connectivity index (χ4n) is 4.28. The summed E-state index contributed by atoms with van der Waals surface area (Å²) in [6, 6.07) is 23.8. The van der Waals surface area contributed by atoms with Crippen LogP contribution >= 0.6 is 0 Å². The number of carbonyl (C=O) groups excluding carboxylic acids is 1. The minimum atomic E-state index is -0.441. The first-order valence-electron chi connectivity index (χ1n) is 10.9. The van der Waals surface area contributed by atoms with Crippen LogP contribution in [0.5, 0.6) is 0 Å². The zero-order valence-corrected chi connectivity index (χ0v) is 17.9. The van der Waals surface area contributed by atoms with E-state index in [2.05, 4.69) is 46.4 Å². The van der Waals surface area contributed by atoms with Crippen molar-refractivity contribution >= 4 is 16.9 Å². The number of carbonyl (C=O) groups is 1. The molecule has 0 spiro atoms. The number of amides is 1. The van der Waals surface area contributed by atoms with Gasteiger partial charge in [-0.05, 0) is 45.2 Å². The molecule has 0 radical (unpaired) electrons. The largest absolute Gasteiger partial charge is 0.449 e. The van der Waals surface area contributed by atoms with Gasteiger partial charge in [0.2, 0.25) is 5.56 Å². The number of aromatic nitrogens is 1. The number of fused-ring (bicyclic) bond motifs is 4. The maximum atomic E-state index is 12.2. The summed E-state index contributed by atoms with van der Waals surface area (Å²) in [7, 11) is 0. The van der Waals surface area contributed by atoms with Crippen LogP contribution in [-0.4, -0.2) is 24.2 Å². The van der Waals surface area contributed by atoms with E-state index in [1.54, 1.807) is 12.3 Å². The van der Waals surface area contributed by atoms with Crippen LogP contribution < -0.4 is 10.9 Å². The fraction of sp³-hybridized carbons (Fsp3) is 0.143. The van der Waals surface area contributed by atoms with Crippen molar-refractivity contribution in [2.24, 2.45) is 0 Å². The van der Waals surface area contributed by atoms with E-state index in [-0.39, 0.29) is 11.5 Å². The second kappa shape index (κ2) is 9.05. The third-order valence-electron chi connectivity index (χ3n) is 5.84. The molecule has 3 aromatic carbocycles. The van der Waals surface area contributed by atoms with Crippen LogP contribution in [0.3, 0.4) is 0 Å². The molecule has 2 N–H and O–H groups in total. The number of hydrogen-bond donors (Lipinski definition) is 2. The Hall–Kier alpha value is -4.30. The fourth-order valence-corrected chi connectivity index (χ4v) is 4.28. The number of alkyl carbamates (subject to hydrolysis) is 1. The van der Waals surface area contributed by atoms with E-state index in [0.29, 0.717) is 19.6 Å². The van der Waals surface area contributed by atoms with Gasteiger partial charge < -0.3 is 15.0 Å². The summed E-state index contributed by atoms with van der Waals surface area (Å²) in [5, 5.41) is 4.57. The Bertz CT molecular complexity index is 1410. The molecule has 1 aromatic heterocycles. The summed E-state index contributed by atoms with van der Waals surface area (Å²) in [6.07, 6.45) is 1.74. The van der Waals surface area contributed by atoms with Crippen molar-refractivity contribution in [3.63, 3.8) is 0 Å². The van der Waals surface area contributed by atoms with E-state index >= 15 is 0 Å². The third kappa shape index (κ3) is 4.37. The normalized spacial score (nSPS) is 11.9. The standard InChI is InChI=1S/C28H22N2O3/c31-27-16-21-15-19(12-13-20(21)17-30-27)7-5-6-14-29-28(32)33-18-26-24-10-3-1-8-22(24)23-9-2-4-11-25(23)26/h1-4,8-13,15-17,26H,6,14,18H2,(H,29,32)(H,30,31). The molecule has 5 rings (SSSR count). The van der Waals surface area contributed by atoms with Crippen LogP contribution in [-0.2, 0) is 4.74 Å². The molecule has 33 heavy (non-hydrogen) atoms. The summed E-state index contributed by atoms with van der Waals surface area (Å²) in [5.41, 5.74) is 5.48. The smallest absolute Gasteiger partial charge is 0.407 e. The van der Waals surface area contributed by atoms with Crippen LogP contribution in [0.4, 0.5) is 4.79 Å². The van der Waals surface area contributed by atoms with Crippen molar-refractivity contribution in [2.45, 2.75) is 12.3 Å². The number of rotatable bonds is 4. The molecule has 162 valence electrons. The molecule has 1 heterocycles. The van der Waals surface area contributed by atoms with Gasteiger partial charge in [0.1, 0.15) is 6.61 Å². The van der Waals surface area contributed by atoms with E-state index in [9.17, 15) is 9.59 Å². The van der Waals surface area contributed by atoms with Crippen molar-refractivity contribution in [1.82, 2.24) is 10.3 Å². The minimum absolute atomic E-state index is 0.0445. The van der Waals surface area contributed by atoms with Crippen molar-refractivity contribution in [3.05, 3.63) is 106 Å². The van der Waals surface area contributed by atoms with E-state index in [0.717, 1.165) is 16.3 Å². The van der Waals surface area contributed by atoms with Gasteiger partial charge in [0.15, 0.2) is 0 Å². The SMILES string of the molecule is O=C(NCCC#Cc1ccc2c[nH]c(=O)cc2c1)OCC1c2ccccc2-c2ccccc21. The molecule has 0 saturated carbocycles. The van der Waals surface area contributed by atoms with Crippen LogP contribution in [0, 0.1) is 11.8 Å². The van der Waals surface area contributed by atoms with Crippen LogP contribution in [0.1, 0.15) is 29.0 Å². The Labute approximate surface area is 191 Å². The van der Waals surface area contributed by atoms with Gasteiger partial charge in [-0.1, -0.05) is 66.4 Å². The quantitative estimate of drug-likeness (QED) is 0.358. The molecule has 5 nitrogen and oxygen atoms in total. The molecule has 0 bridgehead atoms. The number of pyridine rings is 1. The molecule has 0 saturated heterocycles. The first kappa shape index (κ1) is 20.6. The van der Waals surface area contributed by atoms with Crippen molar-refractivity contribution in [3.8, 4) is 23.0 Å². The number of H-pyrrole nitrogens is 1. The summed E-state index contributed by atoms with van der Waals surface area (Å²) >= 11 is 0. The number of hydrogen-bond acceptors (Lipinski definition) is 3. The molecule has 5 heteroatoms. The first-order chi connectivity index (χ1) is 16.2. The van der Waals surface area contributed by atoms with Gasteiger partial charge in [0, 0.05) is 36.7 Å². The summed E-state index contributed by atoms with van der Waals surface area (Å²) in [4.78, 5) is 26.4. The lowest BCUT2D eigenvalue weighted by Crippen LogP contribution is -2.26. The number of benzene rings is 3. The average molecular weight is 434 g/mol. The molecule has 0 atom stereocenters. The van der Waals surface area contributed by atoms with Gasteiger partial charge in [0.25, 0.3) is 0 Å². The first-order valence-corrected chi connectivity index (χ1v) is 10.9. The van der Waals surface area contributed by atoms with Crippen molar-refractivity contribution in [1.29, 1.82) is 0 Å². The number of ether oxygens (including phenoxy) is 1. The Morgan fingerprint density at radius 3 is 2.42 bits per heavy atom. The molecule has 1 aliphatic rings. The molecular weight excluding hydrogens is 412 g/mol. The Morgan fingerprint density at radius 1 is 0.939 bits per heavy atom. The van der Waals surface area contributed by atoms with E-state index in [1.165, 1.54) is 22.3 Å². The van der Waals surface area contributed by atoms with Crippen LogP contribution in [0.15, 0.2) is 83.8 Å². The van der Waals surface area contributed by atoms with Crippen molar-refractivity contribution in [2.75, 3.05) is 13.2 Å². The molecule has 0 fully saturated rings. The minimum Gasteiger partial charge on any atom is -0.449 e. The Kier molecular flexibility index (Phi) is 5.65. The highest BCUT2D eigenvalue weighted by Crippen LogP contribution is 2.44. The van der Waals surface area contributed by atoms with E-state index < -0.39 is 6.09 Å². The van der Waals surface area contributed by atoms with Gasteiger partial charge in [-0.15, -0.1) is 0 Å². The molecule has 1 aliphatic carbocycles. The second-order valence-electron chi connectivity index (χ2n) is 7.95. The lowest BCUT2D eigenvalue weighted by molar-refractivity contribution is 0.143. The predicted octanol–water partition coefficient (Wildman–Crippen LogP) is 4.81. The molecule has 4 aromatic rings. The van der Waals surface area contributed by atoms with Gasteiger partial charge in [-0.25, -0.2) is 4.79 Å². The van der Waals surface area contributed by atoms with Gasteiger partial charge in [-0.3, -0.25) is 4.79 Å². The highest BCUT2D eigenvalue weighted by atomic mass is 16.5. The molecule has 1 amide bonds. The zero-order valence-electron chi connectivity index (χ0n) is 17.9. The lowest BCUT2D eigenvalue weighted by Gasteiger charge is -2.14. The van der Waals surface area contributed by atoms with Crippen LogP contribution in [0.2, 0.25) is 0 Å². The van der Waals surface area contributed by atoms with Gasteiger partial charge in [-0.2, -0.15) is 0 Å². The highest BCUT2D eigenvalue weighted by Gasteiger charge is 2.28. The number of nitrogens with one attached hydrogen (secondary N) is 2. The summed E-state index contributed by atoms with van der Waals surface area (Å²) in [6.45, 7) is 0.693. The Balaban J connectivity index is 1.14. The molecule has 0 aliphatic heterocycles. The topological polar surface area (TPSA) is 71.2 Å². The van der Waals surface area contributed by atoms with Crippen molar-refractivity contribution < 1.29 is 9.53 Å². The van der Waals surface area contributed by atoms with E-state index in [1.807, 2.05) is 42.5 Å². The lowest BCUT2D eigenvalue weighted by atomic mass is 9.98. The predicted molar refractivity (Wildman–Crippen MR) is 129 cm³/mol. The van der Waals surface area contributed by atoms with Gasteiger partial charge >= 0.3 is 6.09 Å². The third-order valence-corrected chi connectivity index (χ3v) is 5.84. The molecular formula is C28H22N2O3. The van der Waals surface area contributed by atoms with E-state index in [4.69, 9.17) is 4.74 Å². The monoisotopic (exact) mass is 434 g/mol. The highest BCUT2D eigenvalue weighted by molar-refractivity contribution is 5.83. The molecule has 0 unspecified atom stereocenters. The van der Waals surface area contributed by atoms with Gasteiger partial charge in [0.05, 0.1) is 0 Å². The number of aromatic amines is 1. The Morgan fingerprint density at radius 2 is 1.67 bits per heavy atom. The maximum Gasteiger partial charge on any atom is 0.407 e. The maximum absolute atomic E-state index is 12.2. The average Bonchev–Trinajstić information content (AvgIpc) is 3.16. The summed E-state index contributed by atoms with van der Waals surface area (Å²) < 4.78 is 5.53. The zero-order chi connectivity index (χ0) is 22.6. The summed E-state index contributed by atoms with van der Waals surface area (Å²) in [5.74, 6) is 6.17. The second-order valence-corrected chi connectivity index (χ2v) is 7.95.